The van der Waals surface area contributed by atoms with E-state index in [-0.39, 0.29) is 12.7 Å². The molecule has 1 N–H and O–H groups in total. The van der Waals surface area contributed by atoms with Crippen LogP contribution in [0.25, 0.3) is 0 Å². The number of carbonyl (C=O) groups excluding carboxylic acids is 1. The molecule has 5 nitrogen and oxygen atoms in total. The second-order valence-corrected chi connectivity index (χ2v) is 6.15. The number of benzene rings is 2. The molecule has 0 saturated carbocycles. The number of fused-ring (bicyclic) bond motifs is 1. The molecule has 132 valence electrons. The molecule has 0 saturated heterocycles. The molecule has 2 aromatic rings. The first-order valence-corrected chi connectivity index (χ1v) is 8.47. The van der Waals surface area contributed by atoms with Gasteiger partial charge in [0.1, 0.15) is 12.4 Å². The van der Waals surface area contributed by atoms with Crippen LogP contribution >= 0.6 is 0 Å². The molecule has 0 atom stereocenters. The number of amides is 1. The Bertz CT molecular complexity index is 757. The minimum absolute atomic E-state index is 0.0156. The Morgan fingerprint density at radius 1 is 1.12 bits per heavy atom. The fourth-order valence-electron chi connectivity index (χ4n) is 2.76. The topological polar surface area (TPSA) is 56.8 Å². The molecule has 1 aliphatic rings. The van der Waals surface area contributed by atoms with Gasteiger partial charge in [-0.1, -0.05) is 23.8 Å². The molecule has 1 heterocycles. The van der Waals surface area contributed by atoms with Gasteiger partial charge in [-0.15, -0.1) is 0 Å². The summed E-state index contributed by atoms with van der Waals surface area (Å²) in [5, 5.41) is 2.89. The number of hydrogen-bond acceptors (Lipinski definition) is 4. The maximum Gasteiger partial charge on any atom is 0.231 e. The quantitative estimate of drug-likeness (QED) is 0.786. The summed E-state index contributed by atoms with van der Waals surface area (Å²) in [6.45, 7) is 5.29. The Morgan fingerprint density at radius 3 is 2.80 bits per heavy atom. The van der Waals surface area contributed by atoms with Crippen LogP contribution in [0, 0.1) is 13.8 Å². The summed E-state index contributed by atoms with van der Waals surface area (Å²) in [4.78, 5) is 12.0. The van der Waals surface area contributed by atoms with Gasteiger partial charge in [0.05, 0.1) is 6.54 Å². The zero-order valence-corrected chi connectivity index (χ0v) is 14.6. The van der Waals surface area contributed by atoms with E-state index in [1.54, 1.807) is 0 Å². The number of rotatable bonds is 7. The van der Waals surface area contributed by atoms with Crippen molar-refractivity contribution in [1.82, 2.24) is 5.32 Å². The van der Waals surface area contributed by atoms with Crippen LogP contribution in [-0.4, -0.2) is 25.9 Å². The molecular weight excluding hydrogens is 318 g/mol. The van der Waals surface area contributed by atoms with Crippen molar-refractivity contribution < 1.29 is 19.0 Å². The lowest BCUT2D eigenvalue weighted by Crippen LogP contribution is -2.28. The highest BCUT2D eigenvalue weighted by Gasteiger charge is 2.13. The van der Waals surface area contributed by atoms with Gasteiger partial charge in [0.25, 0.3) is 0 Å². The van der Waals surface area contributed by atoms with E-state index in [1.807, 2.05) is 37.3 Å². The molecule has 2 aromatic carbocycles. The molecule has 3 rings (SSSR count). The summed E-state index contributed by atoms with van der Waals surface area (Å²) in [5.41, 5.74) is 3.38. The minimum atomic E-state index is 0.0156. The average molecular weight is 341 g/mol. The molecule has 0 aliphatic carbocycles. The van der Waals surface area contributed by atoms with Gasteiger partial charge in [-0.3, -0.25) is 4.79 Å². The lowest BCUT2D eigenvalue weighted by atomic mass is 10.1. The first-order valence-electron chi connectivity index (χ1n) is 8.47. The molecular formula is C20H23NO4. The van der Waals surface area contributed by atoms with Gasteiger partial charge < -0.3 is 19.5 Å². The Hall–Kier alpha value is -2.69. The molecule has 0 spiro atoms. The maximum absolute atomic E-state index is 12.0. The predicted molar refractivity (Wildman–Crippen MR) is 95.3 cm³/mol. The number of ether oxygens (including phenoxy) is 3. The van der Waals surface area contributed by atoms with Crippen molar-refractivity contribution in [2.75, 3.05) is 19.9 Å². The highest BCUT2D eigenvalue weighted by molar-refractivity contribution is 5.76. The van der Waals surface area contributed by atoms with E-state index >= 15 is 0 Å². The summed E-state index contributed by atoms with van der Waals surface area (Å²) in [6.07, 6.45) is 1.10. The lowest BCUT2D eigenvalue weighted by molar-refractivity contribution is -0.121. The van der Waals surface area contributed by atoms with Gasteiger partial charge in [-0.2, -0.15) is 0 Å². The van der Waals surface area contributed by atoms with Crippen molar-refractivity contribution in [3.8, 4) is 17.2 Å². The number of carbonyl (C=O) groups is 1. The molecule has 5 heteroatoms. The van der Waals surface area contributed by atoms with E-state index < -0.39 is 0 Å². The zero-order valence-electron chi connectivity index (χ0n) is 14.6. The molecule has 25 heavy (non-hydrogen) atoms. The SMILES string of the molecule is Cc1ccc(OCCNC(=O)CCc2ccc3c(c2)OCO3)c(C)c1. The Kier molecular flexibility index (Phi) is 5.43. The summed E-state index contributed by atoms with van der Waals surface area (Å²) < 4.78 is 16.3. The van der Waals surface area contributed by atoms with Crippen LogP contribution in [0.5, 0.6) is 17.2 Å². The number of hydrogen-bond donors (Lipinski definition) is 1. The Morgan fingerprint density at radius 2 is 1.96 bits per heavy atom. The highest BCUT2D eigenvalue weighted by atomic mass is 16.7. The Balaban J connectivity index is 1.37. The van der Waals surface area contributed by atoms with Crippen LogP contribution in [-0.2, 0) is 11.2 Å². The first kappa shape index (κ1) is 17.1. The molecule has 1 amide bonds. The van der Waals surface area contributed by atoms with Crippen molar-refractivity contribution in [3.63, 3.8) is 0 Å². The smallest absolute Gasteiger partial charge is 0.231 e. The first-order chi connectivity index (χ1) is 12.1. The molecule has 0 fully saturated rings. The van der Waals surface area contributed by atoms with Crippen molar-refractivity contribution in [3.05, 3.63) is 53.1 Å². The minimum Gasteiger partial charge on any atom is -0.491 e. The summed E-state index contributed by atoms with van der Waals surface area (Å²) in [5.74, 6) is 2.39. The van der Waals surface area contributed by atoms with Crippen LogP contribution in [0.2, 0.25) is 0 Å². The van der Waals surface area contributed by atoms with Gasteiger partial charge >= 0.3 is 0 Å². The fraction of sp³-hybridized carbons (Fsp3) is 0.350. The van der Waals surface area contributed by atoms with Crippen LogP contribution in [0.15, 0.2) is 36.4 Å². The van der Waals surface area contributed by atoms with Gasteiger partial charge in [-0.25, -0.2) is 0 Å². The third-order valence-electron chi connectivity index (χ3n) is 4.09. The normalized spacial score (nSPS) is 12.1. The molecule has 0 aromatic heterocycles. The average Bonchev–Trinajstić information content (AvgIpc) is 3.06. The van der Waals surface area contributed by atoms with Crippen LogP contribution < -0.4 is 19.5 Å². The standard InChI is InChI=1S/C20H23NO4/c1-14-3-6-17(15(2)11-14)23-10-9-21-20(22)8-5-16-4-7-18-19(12-16)25-13-24-18/h3-4,6-7,11-12H,5,8-10,13H2,1-2H3,(H,21,22). The summed E-state index contributed by atoms with van der Waals surface area (Å²) in [6, 6.07) is 11.8. The van der Waals surface area contributed by atoms with Crippen molar-refractivity contribution >= 4 is 5.91 Å². The van der Waals surface area contributed by atoms with Crippen molar-refractivity contribution in [1.29, 1.82) is 0 Å². The monoisotopic (exact) mass is 341 g/mol. The predicted octanol–water partition coefficient (Wildman–Crippen LogP) is 3.16. The largest absolute Gasteiger partial charge is 0.491 e. The molecule has 0 bridgehead atoms. The maximum atomic E-state index is 12.0. The van der Waals surface area contributed by atoms with Crippen molar-refractivity contribution in [2.45, 2.75) is 26.7 Å². The van der Waals surface area contributed by atoms with E-state index in [1.165, 1.54) is 5.56 Å². The summed E-state index contributed by atoms with van der Waals surface area (Å²) >= 11 is 0. The third kappa shape index (κ3) is 4.66. The number of nitrogens with one attached hydrogen (secondary N) is 1. The Labute approximate surface area is 147 Å². The van der Waals surface area contributed by atoms with E-state index in [9.17, 15) is 4.79 Å². The van der Waals surface area contributed by atoms with E-state index in [4.69, 9.17) is 14.2 Å². The van der Waals surface area contributed by atoms with Crippen molar-refractivity contribution in [2.24, 2.45) is 0 Å². The van der Waals surface area contributed by atoms with E-state index in [2.05, 4.69) is 18.3 Å². The van der Waals surface area contributed by atoms with Gasteiger partial charge in [0, 0.05) is 6.42 Å². The summed E-state index contributed by atoms with van der Waals surface area (Å²) in [7, 11) is 0. The van der Waals surface area contributed by atoms with E-state index in [0.717, 1.165) is 28.4 Å². The van der Waals surface area contributed by atoms with Crippen LogP contribution in [0.1, 0.15) is 23.1 Å². The third-order valence-corrected chi connectivity index (χ3v) is 4.09. The van der Waals surface area contributed by atoms with E-state index in [0.29, 0.717) is 26.0 Å². The zero-order chi connectivity index (χ0) is 17.6. The van der Waals surface area contributed by atoms with Crippen LogP contribution in [0.3, 0.4) is 0 Å². The van der Waals surface area contributed by atoms with Crippen LogP contribution in [0.4, 0.5) is 0 Å². The second-order valence-electron chi connectivity index (χ2n) is 6.15. The molecule has 0 radical (unpaired) electrons. The van der Waals surface area contributed by atoms with Gasteiger partial charge in [0.15, 0.2) is 11.5 Å². The molecule has 1 aliphatic heterocycles. The van der Waals surface area contributed by atoms with Gasteiger partial charge in [0.2, 0.25) is 12.7 Å². The fourth-order valence-corrected chi connectivity index (χ4v) is 2.76. The molecule has 0 unspecified atom stereocenters. The second kappa shape index (κ2) is 7.92. The highest BCUT2D eigenvalue weighted by Crippen LogP contribution is 2.32. The number of aryl methyl sites for hydroxylation is 3. The lowest BCUT2D eigenvalue weighted by Gasteiger charge is -2.10. The van der Waals surface area contributed by atoms with Gasteiger partial charge in [-0.05, 0) is 49.6 Å².